The van der Waals surface area contributed by atoms with Crippen LogP contribution in [0, 0.1) is 0 Å². The van der Waals surface area contributed by atoms with Crippen molar-refractivity contribution in [1.29, 1.82) is 0 Å². The lowest BCUT2D eigenvalue weighted by Gasteiger charge is -2.28. The predicted molar refractivity (Wildman–Crippen MR) is 139 cm³/mol. The van der Waals surface area contributed by atoms with Crippen molar-refractivity contribution in [1.82, 2.24) is 14.9 Å². The summed E-state index contributed by atoms with van der Waals surface area (Å²) in [5.41, 5.74) is 3.09. The number of nitrogens with zero attached hydrogens (tertiary/aromatic N) is 3. The normalized spacial score (nSPS) is 20.5. The van der Waals surface area contributed by atoms with Crippen LogP contribution in [0.2, 0.25) is 0 Å². The highest BCUT2D eigenvalue weighted by molar-refractivity contribution is 5.98. The van der Waals surface area contributed by atoms with Crippen molar-refractivity contribution in [3.8, 4) is 11.5 Å². The molecule has 198 valence electrons. The van der Waals surface area contributed by atoms with Gasteiger partial charge in [-0.3, -0.25) is 19.3 Å². The second-order valence-electron chi connectivity index (χ2n) is 10.1. The summed E-state index contributed by atoms with van der Waals surface area (Å²) in [7, 11) is 0. The van der Waals surface area contributed by atoms with Crippen molar-refractivity contribution in [3.05, 3.63) is 59.2 Å². The van der Waals surface area contributed by atoms with Crippen molar-refractivity contribution >= 4 is 11.8 Å². The molecule has 0 spiro atoms. The minimum atomic E-state index is -0.00343. The Kier molecular flexibility index (Phi) is 7.96. The molecule has 0 aliphatic carbocycles. The van der Waals surface area contributed by atoms with Crippen LogP contribution >= 0.6 is 0 Å². The molecule has 0 unspecified atom stereocenters. The standard InChI is InChI=1S/C29H37N3O5/c1-3-12-32(37-14-4-2)28(33)19-31-18-23(21-9-10-26-27(16-21)36-20-35-26)15-24(31)11-13-30-17-22-7-5-6-8-25(22)29(30)34/h5-10,16,23-24H,3-4,11-15,17-20H2,1-2H3/t23-,24+/m1/s1. The maximum Gasteiger partial charge on any atom is 0.260 e. The lowest BCUT2D eigenvalue weighted by Crippen LogP contribution is -2.43. The van der Waals surface area contributed by atoms with E-state index in [1.807, 2.05) is 42.2 Å². The Morgan fingerprint density at radius 2 is 1.95 bits per heavy atom. The third-order valence-electron chi connectivity index (χ3n) is 7.52. The summed E-state index contributed by atoms with van der Waals surface area (Å²) in [4.78, 5) is 36.2. The molecule has 0 aromatic heterocycles. The van der Waals surface area contributed by atoms with Crippen LogP contribution < -0.4 is 9.47 Å². The van der Waals surface area contributed by atoms with Crippen molar-refractivity contribution in [2.45, 2.75) is 58.0 Å². The predicted octanol–water partition coefficient (Wildman–Crippen LogP) is 4.20. The first-order valence-electron chi connectivity index (χ1n) is 13.5. The summed E-state index contributed by atoms with van der Waals surface area (Å²) >= 11 is 0. The van der Waals surface area contributed by atoms with E-state index in [1.165, 1.54) is 10.6 Å². The van der Waals surface area contributed by atoms with Crippen molar-refractivity contribution in [2.24, 2.45) is 0 Å². The van der Waals surface area contributed by atoms with E-state index in [9.17, 15) is 9.59 Å². The summed E-state index contributed by atoms with van der Waals surface area (Å²) in [5.74, 6) is 1.93. The van der Waals surface area contributed by atoms with E-state index in [4.69, 9.17) is 14.3 Å². The minimum absolute atomic E-state index is 0.00343. The number of carbonyl (C=O) groups is 2. The van der Waals surface area contributed by atoms with Gasteiger partial charge in [-0.15, -0.1) is 0 Å². The highest BCUT2D eigenvalue weighted by Gasteiger charge is 2.36. The molecule has 2 aromatic carbocycles. The van der Waals surface area contributed by atoms with Gasteiger partial charge in [0.05, 0.1) is 13.2 Å². The molecule has 1 fully saturated rings. The lowest BCUT2D eigenvalue weighted by atomic mass is 9.95. The van der Waals surface area contributed by atoms with Crippen LogP contribution in [0.3, 0.4) is 0 Å². The molecule has 5 rings (SSSR count). The molecule has 2 atom stereocenters. The molecule has 1 saturated heterocycles. The van der Waals surface area contributed by atoms with Crippen LogP contribution in [0.25, 0.3) is 0 Å². The molecule has 0 radical (unpaired) electrons. The van der Waals surface area contributed by atoms with Gasteiger partial charge in [0.25, 0.3) is 11.8 Å². The zero-order valence-corrected chi connectivity index (χ0v) is 21.9. The van der Waals surface area contributed by atoms with Crippen LogP contribution in [0.5, 0.6) is 11.5 Å². The lowest BCUT2D eigenvalue weighted by molar-refractivity contribution is -0.188. The summed E-state index contributed by atoms with van der Waals surface area (Å²) in [6, 6.07) is 14.2. The third-order valence-corrected chi connectivity index (χ3v) is 7.52. The number of fused-ring (bicyclic) bond motifs is 2. The second-order valence-corrected chi connectivity index (χ2v) is 10.1. The van der Waals surface area contributed by atoms with Crippen molar-refractivity contribution in [3.63, 3.8) is 0 Å². The molecular formula is C29H37N3O5. The monoisotopic (exact) mass is 507 g/mol. The van der Waals surface area contributed by atoms with Gasteiger partial charge in [-0.1, -0.05) is 38.1 Å². The molecule has 3 aliphatic rings. The van der Waals surface area contributed by atoms with Gasteiger partial charge in [0.15, 0.2) is 11.5 Å². The molecule has 3 aliphatic heterocycles. The average Bonchev–Trinajstić information content (AvgIpc) is 3.62. The first-order valence-corrected chi connectivity index (χ1v) is 13.5. The smallest absolute Gasteiger partial charge is 0.260 e. The fourth-order valence-electron chi connectivity index (χ4n) is 5.61. The van der Waals surface area contributed by atoms with Gasteiger partial charge < -0.3 is 14.4 Å². The van der Waals surface area contributed by atoms with Crippen LogP contribution in [0.15, 0.2) is 42.5 Å². The molecule has 2 amide bonds. The van der Waals surface area contributed by atoms with Gasteiger partial charge in [0, 0.05) is 37.8 Å². The number of carbonyl (C=O) groups excluding carboxylic acids is 2. The Bertz CT molecular complexity index is 1120. The number of amides is 2. The number of rotatable bonds is 11. The fraction of sp³-hybridized carbons (Fsp3) is 0.517. The van der Waals surface area contributed by atoms with Gasteiger partial charge in [0.2, 0.25) is 6.79 Å². The van der Waals surface area contributed by atoms with Gasteiger partial charge in [-0.25, -0.2) is 5.06 Å². The Morgan fingerprint density at radius 1 is 1.11 bits per heavy atom. The maximum atomic E-state index is 13.3. The topological polar surface area (TPSA) is 71.6 Å². The summed E-state index contributed by atoms with van der Waals surface area (Å²) < 4.78 is 11.1. The second kappa shape index (κ2) is 11.5. The van der Waals surface area contributed by atoms with E-state index in [0.29, 0.717) is 32.8 Å². The Hall–Kier alpha value is -3.10. The number of ether oxygens (including phenoxy) is 2. The molecule has 0 N–H and O–H groups in total. The molecular weight excluding hydrogens is 470 g/mol. The van der Waals surface area contributed by atoms with Gasteiger partial charge in [-0.05, 0) is 60.9 Å². The summed E-state index contributed by atoms with van der Waals surface area (Å²) in [5, 5.41) is 1.54. The minimum Gasteiger partial charge on any atom is -0.454 e. The van der Waals surface area contributed by atoms with Crippen LogP contribution in [0.1, 0.15) is 66.9 Å². The van der Waals surface area contributed by atoms with E-state index >= 15 is 0 Å². The number of benzene rings is 2. The number of hydrogen-bond acceptors (Lipinski definition) is 6. The Balaban J connectivity index is 1.29. The quantitative estimate of drug-likeness (QED) is 0.425. The SMILES string of the molecule is CCCON(CCC)C(=O)CN1C[C@H](c2ccc3c(c2)OCO3)C[C@@H]1CCN1Cc2ccccc2C1=O. The molecule has 3 heterocycles. The highest BCUT2D eigenvalue weighted by Crippen LogP contribution is 2.39. The van der Waals surface area contributed by atoms with E-state index in [2.05, 4.69) is 24.0 Å². The number of hydroxylamine groups is 2. The van der Waals surface area contributed by atoms with Crippen molar-refractivity contribution < 1.29 is 23.9 Å². The largest absolute Gasteiger partial charge is 0.454 e. The molecule has 0 bridgehead atoms. The third kappa shape index (κ3) is 5.60. The average molecular weight is 508 g/mol. The van der Waals surface area contributed by atoms with Crippen LogP contribution in [-0.2, 0) is 16.2 Å². The van der Waals surface area contributed by atoms with Crippen LogP contribution in [0.4, 0.5) is 0 Å². The van der Waals surface area contributed by atoms with E-state index in [0.717, 1.165) is 54.9 Å². The van der Waals surface area contributed by atoms with Gasteiger partial charge in [-0.2, -0.15) is 0 Å². The molecule has 37 heavy (non-hydrogen) atoms. The maximum absolute atomic E-state index is 13.3. The zero-order valence-electron chi connectivity index (χ0n) is 21.9. The first kappa shape index (κ1) is 25.5. The molecule has 2 aromatic rings. The summed E-state index contributed by atoms with van der Waals surface area (Å²) in [6.07, 6.45) is 3.44. The number of likely N-dealkylation sites (tertiary alicyclic amines) is 1. The van der Waals surface area contributed by atoms with Crippen LogP contribution in [-0.4, -0.2) is 72.3 Å². The van der Waals surface area contributed by atoms with E-state index in [1.54, 1.807) is 0 Å². The Labute approximate surface area is 219 Å². The first-order chi connectivity index (χ1) is 18.1. The fourth-order valence-corrected chi connectivity index (χ4v) is 5.61. The molecule has 8 nitrogen and oxygen atoms in total. The van der Waals surface area contributed by atoms with Gasteiger partial charge in [0.1, 0.15) is 0 Å². The zero-order chi connectivity index (χ0) is 25.8. The van der Waals surface area contributed by atoms with Gasteiger partial charge >= 0.3 is 0 Å². The van der Waals surface area contributed by atoms with E-state index in [-0.39, 0.29) is 30.6 Å². The van der Waals surface area contributed by atoms with Crippen molar-refractivity contribution in [2.75, 3.05) is 39.6 Å². The highest BCUT2D eigenvalue weighted by atomic mass is 16.7. The van der Waals surface area contributed by atoms with E-state index < -0.39 is 0 Å². The summed E-state index contributed by atoms with van der Waals surface area (Å²) in [6.45, 7) is 7.87. The number of hydrogen-bond donors (Lipinski definition) is 0. The molecule has 0 saturated carbocycles. The molecule has 8 heteroatoms. The Morgan fingerprint density at radius 3 is 2.76 bits per heavy atom.